The molecular weight excluding hydrogens is 308 g/mol. The Morgan fingerprint density at radius 2 is 1.67 bits per heavy atom. The summed E-state index contributed by atoms with van der Waals surface area (Å²) in [6.07, 6.45) is 6.82. The molecule has 0 saturated heterocycles. The fourth-order valence-corrected chi connectivity index (χ4v) is 2.17. The zero-order chi connectivity index (χ0) is 17.6. The molecule has 0 aliphatic rings. The van der Waals surface area contributed by atoms with E-state index >= 15 is 0 Å². The molecule has 0 fully saturated rings. The second-order valence-corrected chi connectivity index (χ2v) is 5.77. The van der Waals surface area contributed by atoms with Crippen LogP contribution in [0.5, 0.6) is 5.75 Å². The van der Waals surface area contributed by atoms with Gasteiger partial charge in [-0.3, -0.25) is 0 Å². The third-order valence-electron chi connectivity index (χ3n) is 3.42. The van der Waals surface area contributed by atoms with Crippen LogP contribution in [0.4, 0.5) is 0 Å². The summed E-state index contributed by atoms with van der Waals surface area (Å²) in [6, 6.07) is 7.17. The summed E-state index contributed by atoms with van der Waals surface area (Å²) in [5.41, 5.74) is 1.000. The Balaban J connectivity index is 2.03. The highest BCUT2D eigenvalue weighted by atomic mass is 16.6. The van der Waals surface area contributed by atoms with Crippen molar-refractivity contribution in [2.75, 3.05) is 19.8 Å². The number of ether oxygens (including phenoxy) is 3. The lowest BCUT2D eigenvalue weighted by Gasteiger charge is -2.07. The molecule has 5 nitrogen and oxygen atoms in total. The highest BCUT2D eigenvalue weighted by molar-refractivity contribution is 5.75. The van der Waals surface area contributed by atoms with Crippen LogP contribution in [-0.4, -0.2) is 31.8 Å². The van der Waals surface area contributed by atoms with Crippen LogP contribution in [0, 0.1) is 6.92 Å². The van der Waals surface area contributed by atoms with E-state index in [1.807, 2.05) is 13.0 Å². The topological polar surface area (TPSA) is 61.8 Å². The predicted molar refractivity (Wildman–Crippen MR) is 92.0 cm³/mol. The van der Waals surface area contributed by atoms with E-state index in [1.165, 1.54) is 25.7 Å². The van der Waals surface area contributed by atoms with Gasteiger partial charge in [-0.25, -0.2) is 9.59 Å². The van der Waals surface area contributed by atoms with E-state index in [2.05, 4.69) is 6.92 Å². The van der Waals surface area contributed by atoms with Crippen LogP contribution >= 0.6 is 0 Å². The lowest BCUT2D eigenvalue weighted by atomic mass is 10.1. The molecule has 0 aliphatic carbocycles. The molecule has 5 heteroatoms. The van der Waals surface area contributed by atoms with Gasteiger partial charge in [0.15, 0.2) is 0 Å². The first-order valence-electron chi connectivity index (χ1n) is 8.62. The largest absolute Gasteiger partial charge is 0.464 e. The molecule has 0 saturated carbocycles. The monoisotopic (exact) mass is 336 g/mol. The molecule has 0 aliphatic heterocycles. The van der Waals surface area contributed by atoms with Crippen molar-refractivity contribution in [2.45, 2.75) is 52.4 Å². The number of esters is 2. The lowest BCUT2D eigenvalue weighted by molar-refractivity contribution is -0.152. The first kappa shape index (κ1) is 20.2. The zero-order valence-corrected chi connectivity index (χ0v) is 14.7. The molecule has 0 heterocycles. The molecule has 24 heavy (non-hydrogen) atoms. The minimum atomic E-state index is -0.538. The van der Waals surface area contributed by atoms with Gasteiger partial charge in [0, 0.05) is 0 Å². The summed E-state index contributed by atoms with van der Waals surface area (Å²) in [5.74, 6) is -0.523. The summed E-state index contributed by atoms with van der Waals surface area (Å²) >= 11 is 0. The molecular formula is C19H28O5. The summed E-state index contributed by atoms with van der Waals surface area (Å²) in [7, 11) is 0. The normalized spacial score (nSPS) is 10.4. The van der Waals surface area contributed by atoms with Gasteiger partial charge in [0.25, 0.3) is 0 Å². The van der Waals surface area contributed by atoms with Gasteiger partial charge in [-0.05, 0) is 31.0 Å². The number of hydrogen-bond donors (Lipinski definition) is 0. The number of aryl methyl sites for hydroxylation is 1. The number of rotatable bonds is 12. The first-order chi connectivity index (χ1) is 11.6. The zero-order valence-electron chi connectivity index (χ0n) is 14.7. The van der Waals surface area contributed by atoms with Gasteiger partial charge in [0.2, 0.25) is 0 Å². The minimum Gasteiger partial charge on any atom is -0.464 e. The van der Waals surface area contributed by atoms with Crippen molar-refractivity contribution in [2.24, 2.45) is 0 Å². The maximum absolute atomic E-state index is 11.6. The molecule has 1 rings (SSSR count). The Morgan fingerprint density at radius 1 is 0.958 bits per heavy atom. The van der Waals surface area contributed by atoms with Crippen LogP contribution in [0.3, 0.4) is 0 Å². The lowest BCUT2D eigenvalue weighted by Crippen LogP contribution is -2.20. The van der Waals surface area contributed by atoms with E-state index in [1.54, 1.807) is 18.2 Å². The minimum absolute atomic E-state index is 0.237. The van der Waals surface area contributed by atoms with Crippen LogP contribution in [0.15, 0.2) is 24.3 Å². The van der Waals surface area contributed by atoms with Gasteiger partial charge >= 0.3 is 11.9 Å². The molecule has 1 aromatic rings. The number of carbonyl (C=O) groups is 2. The van der Waals surface area contributed by atoms with Gasteiger partial charge < -0.3 is 14.2 Å². The van der Waals surface area contributed by atoms with E-state index in [4.69, 9.17) is 14.2 Å². The van der Waals surface area contributed by atoms with Gasteiger partial charge in [-0.2, -0.15) is 0 Å². The van der Waals surface area contributed by atoms with Crippen molar-refractivity contribution >= 4 is 11.9 Å². The van der Waals surface area contributed by atoms with E-state index < -0.39 is 11.9 Å². The van der Waals surface area contributed by atoms with Gasteiger partial charge in [-0.15, -0.1) is 0 Å². The Bertz CT molecular complexity index is 498. The average Bonchev–Trinajstić information content (AvgIpc) is 2.54. The van der Waals surface area contributed by atoms with Crippen molar-refractivity contribution in [3.05, 3.63) is 29.8 Å². The van der Waals surface area contributed by atoms with Gasteiger partial charge in [0.1, 0.15) is 19.0 Å². The Morgan fingerprint density at radius 3 is 2.42 bits per heavy atom. The maximum atomic E-state index is 11.6. The fraction of sp³-hybridized carbons (Fsp3) is 0.579. The van der Waals surface area contributed by atoms with Crippen LogP contribution < -0.4 is 4.74 Å². The molecule has 0 N–H and O–H groups in total. The fourth-order valence-electron chi connectivity index (χ4n) is 2.17. The number of hydrogen-bond acceptors (Lipinski definition) is 5. The SMILES string of the molecule is CCCCCCCCOC(=O)COCC(=O)Oc1cccc(C)c1. The van der Waals surface area contributed by atoms with Crippen LogP contribution in [0.1, 0.15) is 51.0 Å². The van der Waals surface area contributed by atoms with Crippen molar-refractivity contribution in [1.29, 1.82) is 0 Å². The summed E-state index contributed by atoms with van der Waals surface area (Å²) in [4.78, 5) is 23.1. The molecule has 1 aromatic carbocycles. The quantitative estimate of drug-likeness (QED) is 0.330. The predicted octanol–water partition coefficient (Wildman–Crippen LogP) is 3.82. The molecule has 0 amide bonds. The smallest absolute Gasteiger partial charge is 0.337 e. The van der Waals surface area contributed by atoms with Crippen LogP contribution in [0.2, 0.25) is 0 Å². The van der Waals surface area contributed by atoms with E-state index in [0.717, 1.165) is 18.4 Å². The Labute approximate surface area is 144 Å². The highest BCUT2D eigenvalue weighted by Crippen LogP contribution is 2.12. The third kappa shape index (κ3) is 10.0. The number of carbonyl (C=O) groups excluding carboxylic acids is 2. The van der Waals surface area contributed by atoms with Crippen LogP contribution in [0.25, 0.3) is 0 Å². The van der Waals surface area contributed by atoms with Crippen LogP contribution in [-0.2, 0) is 19.1 Å². The van der Waals surface area contributed by atoms with Gasteiger partial charge in [0.05, 0.1) is 6.61 Å². The second-order valence-electron chi connectivity index (χ2n) is 5.77. The molecule has 0 radical (unpaired) electrons. The molecule has 0 bridgehead atoms. The first-order valence-corrected chi connectivity index (χ1v) is 8.62. The molecule has 134 valence electrons. The molecule has 0 aromatic heterocycles. The van der Waals surface area contributed by atoms with Crippen molar-refractivity contribution in [1.82, 2.24) is 0 Å². The molecule has 0 unspecified atom stereocenters. The molecule has 0 spiro atoms. The van der Waals surface area contributed by atoms with Crippen molar-refractivity contribution in [3.63, 3.8) is 0 Å². The summed E-state index contributed by atoms with van der Waals surface area (Å²) in [5, 5.41) is 0. The highest BCUT2D eigenvalue weighted by Gasteiger charge is 2.08. The van der Waals surface area contributed by atoms with E-state index in [0.29, 0.717) is 12.4 Å². The van der Waals surface area contributed by atoms with E-state index in [9.17, 15) is 9.59 Å². The third-order valence-corrected chi connectivity index (χ3v) is 3.42. The Hall–Kier alpha value is -1.88. The number of unbranched alkanes of at least 4 members (excludes halogenated alkanes) is 5. The molecule has 0 atom stereocenters. The summed E-state index contributed by atoms with van der Waals surface area (Å²) in [6.45, 7) is 3.98. The number of benzene rings is 1. The standard InChI is InChI=1S/C19H28O5/c1-3-4-5-6-7-8-12-23-18(20)14-22-15-19(21)24-17-11-9-10-16(2)13-17/h9-11,13H,3-8,12,14-15H2,1-2H3. The maximum Gasteiger partial charge on any atom is 0.337 e. The van der Waals surface area contributed by atoms with E-state index in [-0.39, 0.29) is 13.2 Å². The average molecular weight is 336 g/mol. The second kappa shape index (κ2) is 12.5. The van der Waals surface area contributed by atoms with Gasteiger partial charge in [-0.1, -0.05) is 51.2 Å². The van der Waals surface area contributed by atoms with Crippen molar-refractivity contribution < 1.29 is 23.8 Å². The summed E-state index contributed by atoms with van der Waals surface area (Å²) < 4.78 is 15.2. The van der Waals surface area contributed by atoms with Crippen molar-refractivity contribution in [3.8, 4) is 5.75 Å². The Kier molecular flexibility index (Phi) is 10.5.